The third-order valence-electron chi connectivity index (χ3n) is 3.56. The summed E-state index contributed by atoms with van der Waals surface area (Å²) in [5, 5.41) is 15.1. The maximum Gasteiger partial charge on any atom is 0.119 e. The van der Waals surface area contributed by atoms with Crippen molar-refractivity contribution in [1.82, 2.24) is 0 Å². The Morgan fingerprint density at radius 1 is 0.833 bits per heavy atom. The quantitative estimate of drug-likeness (QED) is 0.389. The van der Waals surface area contributed by atoms with Crippen LogP contribution in [0.4, 0.5) is 11.4 Å². The first-order valence-electron chi connectivity index (χ1n) is 7.65. The Kier molecular flexibility index (Phi) is 5.10. The molecule has 0 spiro atoms. The topological polar surface area (TPSA) is 53.9 Å². The lowest BCUT2D eigenvalue weighted by Gasteiger charge is -2.10. The molecule has 0 aliphatic heterocycles. The summed E-state index contributed by atoms with van der Waals surface area (Å²) in [6.07, 6.45) is 1.41. The molecule has 0 heterocycles. The van der Waals surface area contributed by atoms with Gasteiger partial charge in [-0.3, -0.25) is 0 Å². The minimum absolute atomic E-state index is 0.410. The van der Waals surface area contributed by atoms with Crippen LogP contribution >= 0.6 is 0 Å². The molecule has 3 aromatic rings. The molecule has 0 aromatic heterocycles. The highest BCUT2D eigenvalue weighted by Crippen LogP contribution is 2.21. The van der Waals surface area contributed by atoms with Crippen molar-refractivity contribution in [2.75, 3.05) is 5.32 Å². The summed E-state index contributed by atoms with van der Waals surface area (Å²) >= 11 is 0. The molecule has 0 amide bonds. The fraction of sp³-hybridized carbons (Fsp3) is 0.0500. The Balaban J connectivity index is 1.63. The van der Waals surface area contributed by atoms with Crippen LogP contribution in [0.25, 0.3) is 0 Å². The molecule has 0 atom stereocenters. The van der Waals surface area contributed by atoms with Gasteiger partial charge in [0.2, 0.25) is 0 Å². The lowest BCUT2D eigenvalue weighted by atomic mass is 10.1. The number of ether oxygens (including phenoxy) is 1. The molecule has 3 rings (SSSR count). The van der Waals surface area contributed by atoms with Gasteiger partial charge in [0, 0.05) is 16.9 Å². The predicted molar refractivity (Wildman–Crippen MR) is 96.3 cm³/mol. The normalized spacial score (nSPS) is 10.7. The molecule has 120 valence electrons. The van der Waals surface area contributed by atoms with Gasteiger partial charge in [0.25, 0.3) is 0 Å². The first-order valence-corrected chi connectivity index (χ1v) is 7.65. The highest BCUT2D eigenvalue weighted by molar-refractivity contribution is 5.81. The van der Waals surface area contributed by atoms with Crippen LogP contribution in [0.5, 0.6) is 5.75 Å². The van der Waals surface area contributed by atoms with E-state index in [1.807, 2.05) is 78.9 Å². The monoisotopic (exact) mass is 318 g/mol. The van der Waals surface area contributed by atoms with Crippen LogP contribution in [0.1, 0.15) is 11.1 Å². The van der Waals surface area contributed by atoms with Gasteiger partial charge >= 0.3 is 0 Å². The second kappa shape index (κ2) is 7.83. The number of para-hydroxylation sites is 1. The Morgan fingerprint density at radius 3 is 2.25 bits per heavy atom. The van der Waals surface area contributed by atoms with Gasteiger partial charge in [-0.15, -0.1) is 0 Å². The Hall–Kier alpha value is -3.27. The van der Waals surface area contributed by atoms with Crippen LogP contribution in [0.2, 0.25) is 0 Å². The van der Waals surface area contributed by atoms with Gasteiger partial charge in [0.05, 0.1) is 6.21 Å². The van der Waals surface area contributed by atoms with Crippen molar-refractivity contribution < 1.29 is 9.94 Å². The molecule has 0 radical (unpaired) electrons. The fourth-order valence-corrected chi connectivity index (χ4v) is 2.34. The van der Waals surface area contributed by atoms with E-state index in [-0.39, 0.29) is 0 Å². The van der Waals surface area contributed by atoms with Crippen LogP contribution in [0.3, 0.4) is 0 Å². The molecule has 0 saturated heterocycles. The molecule has 0 bridgehead atoms. The van der Waals surface area contributed by atoms with Gasteiger partial charge in [-0.05, 0) is 42.0 Å². The Labute approximate surface area is 141 Å². The zero-order valence-electron chi connectivity index (χ0n) is 13.1. The summed E-state index contributed by atoms with van der Waals surface area (Å²) < 4.78 is 5.81. The molecule has 3 aromatic carbocycles. The van der Waals surface area contributed by atoms with Crippen LogP contribution in [0.15, 0.2) is 84.0 Å². The summed E-state index contributed by atoms with van der Waals surface area (Å²) in [4.78, 5) is 0. The smallest absolute Gasteiger partial charge is 0.119 e. The second-order valence-corrected chi connectivity index (χ2v) is 5.25. The van der Waals surface area contributed by atoms with E-state index in [9.17, 15) is 0 Å². The third-order valence-corrected chi connectivity index (χ3v) is 3.56. The Bertz CT molecular complexity index is 799. The van der Waals surface area contributed by atoms with Crippen LogP contribution in [-0.2, 0) is 6.61 Å². The van der Waals surface area contributed by atoms with Crippen molar-refractivity contribution in [1.29, 1.82) is 0 Å². The Morgan fingerprint density at radius 2 is 1.50 bits per heavy atom. The predicted octanol–water partition coefficient (Wildman–Crippen LogP) is 4.82. The standard InChI is InChI=1S/C20H18N2O2/c23-21-14-16-6-4-5-7-17(16)15-24-20-12-10-19(11-13-20)22-18-8-2-1-3-9-18/h1-14,22-23H,15H2. The van der Waals surface area contributed by atoms with E-state index in [0.29, 0.717) is 6.61 Å². The van der Waals surface area contributed by atoms with E-state index in [0.717, 1.165) is 28.3 Å². The minimum Gasteiger partial charge on any atom is -0.489 e. The first kappa shape index (κ1) is 15.6. The average Bonchev–Trinajstić information content (AvgIpc) is 2.63. The highest BCUT2D eigenvalue weighted by atomic mass is 16.5. The molecular weight excluding hydrogens is 300 g/mol. The van der Waals surface area contributed by atoms with Crippen LogP contribution < -0.4 is 10.1 Å². The molecule has 0 aliphatic carbocycles. The van der Waals surface area contributed by atoms with Gasteiger partial charge in [-0.1, -0.05) is 47.6 Å². The highest BCUT2D eigenvalue weighted by Gasteiger charge is 2.02. The number of hydrogen-bond donors (Lipinski definition) is 2. The number of nitrogens with one attached hydrogen (secondary N) is 1. The summed E-state index contributed by atoms with van der Waals surface area (Å²) in [7, 11) is 0. The third kappa shape index (κ3) is 4.14. The molecule has 0 saturated carbocycles. The van der Waals surface area contributed by atoms with Crippen molar-refractivity contribution >= 4 is 17.6 Å². The van der Waals surface area contributed by atoms with Crippen LogP contribution in [-0.4, -0.2) is 11.4 Å². The maximum absolute atomic E-state index is 8.70. The van der Waals surface area contributed by atoms with Crippen molar-refractivity contribution in [3.63, 3.8) is 0 Å². The average molecular weight is 318 g/mol. The molecule has 24 heavy (non-hydrogen) atoms. The van der Waals surface area contributed by atoms with Crippen molar-refractivity contribution in [3.05, 3.63) is 90.0 Å². The van der Waals surface area contributed by atoms with Crippen molar-refractivity contribution in [2.24, 2.45) is 5.16 Å². The van der Waals surface area contributed by atoms with E-state index < -0.39 is 0 Å². The van der Waals surface area contributed by atoms with Gasteiger partial charge in [0.15, 0.2) is 0 Å². The number of nitrogens with zero attached hydrogens (tertiary/aromatic N) is 1. The first-order chi connectivity index (χ1) is 11.8. The summed E-state index contributed by atoms with van der Waals surface area (Å²) in [6.45, 7) is 0.410. The molecular formula is C20H18N2O2. The fourth-order valence-electron chi connectivity index (χ4n) is 2.34. The van der Waals surface area contributed by atoms with Crippen molar-refractivity contribution in [3.8, 4) is 5.75 Å². The summed E-state index contributed by atoms with van der Waals surface area (Å²) in [6, 6.07) is 25.5. The van der Waals surface area contributed by atoms with Gasteiger partial charge in [-0.25, -0.2) is 0 Å². The second-order valence-electron chi connectivity index (χ2n) is 5.25. The van der Waals surface area contributed by atoms with Gasteiger partial charge in [-0.2, -0.15) is 0 Å². The van der Waals surface area contributed by atoms with E-state index in [4.69, 9.17) is 9.94 Å². The molecule has 0 unspecified atom stereocenters. The van der Waals surface area contributed by atoms with E-state index in [1.54, 1.807) is 0 Å². The molecule has 4 nitrogen and oxygen atoms in total. The van der Waals surface area contributed by atoms with Crippen LogP contribution in [0, 0.1) is 0 Å². The molecule has 0 fully saturated rings. The number of anilines is 2. The van der Waals surface area contributed by atoms with E-state index in [2.05, 4.69) is 10.5 Å². The number of hydrogen-bond acceptors (Lipinski definition) is 4. The molecule has 2 N–H and O–H groups in total. The number of benzene rings is 3. The van der Waals surface area contributed by atoms with Crippen molar-refractivity contribution in [2.45, 2.75) is 6.61 Å². The minimum atomic E-state index is 0.410. The van der Waals surface area contributed by atoms with Gasteiger partial charge < -0.3 is 15.3 Å². The zero-order valence-corrected chi connectivity index (χ0v) is 13.1. The lowest BCUT2D eigenvalue weighted by Crippen LogP contribution is -1.99. The largest absolute Gasteiger partial charge is 0.489 e. The van der Waals surface area contributed by atoms with E-state index >= 15 is 0 Å². The molecule has 0 aliphatic rings. The lowest BCUT2D eigenvalue weighted by molar-refractivity contribution is 0.305. The maximum atomic E-state index is 8.70. The van der Waals surface area contributed by atoms with E-state index in [1.165, 1.54) is 6.21 Å². The zero-order chi connectivity index (χ0) is 16.6. The summed E-state index contributed by atoms with van der Waals surface area (Å²) in [5.74, 6) is 0.782. The number of rotatable bonds is 6. The SMILES string of the molecule is ON=Cc1ccccc1COc1ccc(Nc2ccccc2)cc1. The van der Waals surface area contributed by atoms with Gasteiger partial charge in [0.1, 0.15) is 12.4 Å². The summed E-state index contributed by atoms with van der Waals surface area (Å²) in [5.41, 5.74) is 3.84. The number of oxime groups is 1. The molecule has 4 heteroatoms.